The Balaban J connectivity index is 0.000000671. The van der Waals surface area contributed by atoms with Gasteiger partial charge in [0.1, 0.15) is 0 Å². The highest BCUT2D eigenvalue weighted by molar-refractivity contribution is 7.99. The van der Waals surface area contributed by atoms with Gasteiger partial charge in [0.05, 0.1) is 0 Å². The van der Waals surface area contributed by atoms with E-state index in [1.165, 1.54) is 0 Å². The predicted molar refractivity (Wildman–Crippen MR) is 62.0 cm³/mol. The van der Waals surface area contributed by atoms with Crippen molar-refractivity contribution in [2.45, 2.75) is 25.7 Å². The second kappa shape index (κ2) is 5.07. The third-order valence-corrected chi connectivity index (χ3v) is 2.95. The van der Waals surface area contributed by atoms with Crippen LogP contribution in [0.2, 0.25) is 0 Å². The molecule has 0 aliphatic heterocycles. The van der Waals surface area contributed by atoms with Crippen molar-refractivity contribution >= 4 is 15.4 Å². The van der Waals surface area contributed by atoms with Gasteiger partial charge in [0, 0.05) is 11.2 Å². The zero-order valence-electron chi connectivity index (χ0n) is 8.83. The summed E-state index contributed by atoms with van der Waals surface area (Å²) in [6.45, 7) is 5.95. The van der Waals surface area contributed by atoms with Crippen molar-refractivity contribution in [1.29, 1.82) is 0 Å². The summed E-state index contributed by atoms with van der Waals surface area (Å²) in [7, 11) is -2.03. The smallest absolute Gasteiger partial charge is 0.0331 e. The van der Waals surface area contributed by atoms with Crippen LogP contribution < -0.4 is 0 Å². The Bertz CT molecular complexity index is 350. The fourth-order valence-electron chi connectivity index (χ4n) is 1.04. The van der Waals surface area contributed by atoms with Crippen molar-refractivity contribution in [3.8, 4) is 0 Å². The molecule has 2 heteroatoms. The Hall–Kier alpha value is -0.760. The van der Waals surface area contributed by atoms with Crippen LogP contribution in [0.25, 0.3) is 0 Å². The summed E-state index contributed by atoms with van der Waals surface area (Å²) in [5, 5.41) is 0. The summed E-state index contributed by atoms with van der Waals surface area (Å²) in [5.41, 5.74) is 1.05. The van der Waals surface area contributed by atoms with Crippen LogP contribution in [0.4, 0.5) is 0 Å². The van der Waals surface area contributed by atoms with Crippen LogP contribution in [-0.4, -0.2) is 16.3 Å². The molecule has 0 spiro atoms. The Morgan fingerprint density at radius 1 is 1.23 bits per heavy atom. The molecule has 0 bridgehead atoms. The molecule has 1 aromatic carbocycles. The van der Waals surface area contributed by atoms with E-state index >= 15 is 0 Å². The zero-order chi connectivity index (χ0) is 10.5. The van der Waals surface area contributed by atoms with Crippen molar-refractivity contribution in [2.24, 2.45) is 0 Å². The van der Waals surface area contributed by atoms with Crippen LogP contribution in [0.15, 0.2) is 29.2 Å². The van der Waals surface area contributed by atoms with Crippen molar-refractivity contribution < 1.29 is 4.21 Å². The van der Waals surface area contributed by atoms with Gasteiger partial charge < -0.3 is 0 Å². The van der Waals surface area contributed by atoms with Crippen molar-refractivity contribution in [2.75, 3.05) is 6.26 Å². The van der Waals surface area contributed by atoms with Crippen LogP contribution in [0.1, 0.15) is 19.4 Å². The van der Waals surface area contributed by atoms with E-state index in [-0.39, 0.29) is 0 Å². The van der Waals surface area contributed by atoms with E-state index in [4.69, 9.17) is 0 Å². The van der Waals surface area contributed by atoms with Crippen molar-refractivity contribution in [1.82, 2.24) is 0 Å². The lowest BCUT2D eigenvalue weighted by atomic mass is 10.2. The summed E-state index contributed by atoms with van der Waals surface area (Å²) < 4.78 is 11.5. The summed E-state index contributed by atoms with van der Waals surface area (Å²) in [6.07, 6.45) is 1.66. The highest BCUT2D eigenvalue weighted by Gasteiger charge is 2.02. The molecule has 0 radical (unpaired) electrons. The maximum Gasteiger partial charge on any atom is 0.0331 e. The number of hydrogen-bond acceptors (Lipinski definition) is 1. The molecule has 0 aliphatic rings. The molecule has 1 atom stereocenters. The second-order valence-corrected chi connectivity index (χ2v) is 5.22. The average molecular weight is 198 g/mol. The largest absolute Gasteiger partial charge is 0.263 e. The van der Waals surface area contributed by atoms with Gasteiger partial charge in [0.2, 0.25) is 0 Å². The molecular weight excluding hydrogens is 180 g/mol. The van der Waals surface area contributed by atoms with E-state index < -0.39 is 9.52 Å². The Morgan fingerprint density at radius 3 is 2.00 bits per heavy atom. The fourth-order valence-corrected chi connectivity index (χ4v) is 2.16. The fraction of sp³-hybridized carbons (Fsp3) is 0.364. The lowest BCUT2D eigenvalue weighted by Crippen LogP contribution is -1.98. The SMILES string of the molecule is C=S(C)(=O)c1ccccc1C.CC. The Morgan fingerprint density at radius 2 is 1.69 bits per heavy atom. The van der Waals surface area contributed by atoms with E-state index in [0.29, 0.717) is 0 Å². The van der Waals surface area contributed by atoms with E-state index in [1.54, 1.807) is 6.26 Å². The van der Waals surface area contributed by atoms with Crippen LogP contribution in [0.5, 0.6) is 0 Å². The van der Waals surface area contributed by atoms with Crippen molar-refractivity contribution in [3.05, 3.63) is 29.8 Å². The van der Waals surface area contributed by atoms with Gasteiger partial charge in [-0.2, -0.15) is 0 Å². The first-order valence-electron chi connectivity index (χ1n) is 4.40. The maximum atomic E-state index is 11.5. The molecule has 1 nitrogen and oxygen atoms in total. The van der Waals surface area contributed by atoms with Gasteiger partial charge >= 0.3 is 0 Å². The molecule has 1 rings (SSSR count). The normalized spacial score (nSPS) is 13.8. The van der Waals surface area contributed by atoms with Gasteiger partial charge in [-0.1, -0.05) is 32.0 Å². The van der Waals surface area contributed by atoms with Crippen molar-refractivity contribution in [3.63, 3.8) is 0 Å². The lowest BCUT2D eigenvalue weighted by Gasteiger charge is -2.05. The van der Waals surface area contributed by atoms with Crippen LogP contribution in [0, 0.1) is 6.92 Å². The highest BCUT2D eigenvalue weighted by atomic mass is 32.2. The molecule has 74 valence electrons. The zero-order valence-corrected chi connectivity index (χ0v) is 9.65. The maximum absolute atomic E-state index is 11.5. The first-order valence-corrected chi connectivity index (χ1v) is 6.53. The Kier molecular flexibility index (Phi) is 4.78. The Labute approximate surface area is 81.8 Å². The first kappa shape index (κ1) is 12.2. The topological polar surface area (TPSA) is 17.1 Å². The molecule has 0 saturated carbocycles. The van der Waals surface area contributed by atoms with Gasteiger partial charge in [-0.15, -0.1) is 0 Å². The monoisotopic (exact) mass is 198 g/mol. The number of benzene rings is 1. The van der Waals surface area contributed by atoms with Gasteiger partial charge in [-0.25, -0.2) is 0 Å². The van der Waals surface area contributed by atoms with Gasteiger partial charge in [0.15, 0.2) is 0 Å². The standard InChI is InChI=1S/C9H12OS.C2H6/c1-8-6-4-5-7-9(8)11(2,3)10;1-2/h4-7H,2H2,1,3H3;1-2H3. The molecule has 0 aromatic heterocycles. The van der Waals surface area contributed by atoms with E-state index in [9.17, 15) is 4.21 Å². The summed E-state index contributed by atoms with van der Waals surface area (Å²) in [6, 6.07) is 7.63. The van der Waals surface area contributed by atoms with Gasteiger partial charge in [-0.3, -0.25) is 4.21 Å². The molecule has 0 heterocycles. The average Bonchev–Trinajstić information content (AvgIpc) is 2.07. The summed E-state index contributed by atoms with van der Waals surface area (Å²) in [4.78, 5) is 0.861. The number of hydrogen-bond donors (Lipinski definition) is 0. The van der Waals surface area contributed by atoms with Crippen LogP contribution in [-0.2, 0) is 9.52 Å². The highest BCUT2D eigenvalue weighted by Crippen LogP contribution is 2.12. The lowest BCUT2D eigenvalue weighted by molar-refractivity contribution is 0.684. The molecule has 0 amide bonds. The molecule has 13 heavy (non-hydrogen) atoms. The summed E-state index contributed by atoms with van der Waals surface area (Å²) >= 11 is 0. The molecule has 0 N–H and O–H groups in total. The molecule has 0 aliphatic carbocycles. The molecule has 1 unspecified atom stereocenters. The third kappa shape index (κ3) is 3.64. The van der Waals surface area contributed by atoms with E-state index in [0.717, 1.165) is 10.5 Å². The van der Waals surface area contributed by atoms with E-state index in [1.807, 2.05) is 45.0 Å². The van der Waals surface area contributed by atoms with Crippen LogP contribution in [0.3, 0.4) is 0 Å². The number of rotatable bonds is 1. The van der Waals surface area contributed by atoms with Gasteiger partial charge in [-0.05, 0) is 33.9 Å². The molecule has 0 fully saturated rings. The van der Waals surface area contributed by atoms with Gasteiger partial charge in [0.25, 0.3) is 0 Å². The minimum Gasteiger partial charge on any atom is -0.263 e. The second-order valence-electron chi connectivity index (χ2n) is 2.77. The van der Waals surface area contributed by atoms with Crippen LogP contribution >= 0.6 is 0 Å². The summed E-state index contributed by atoms with van der Waals surface area (Å²) in [5.74, 6) is 3.63. The molecule has 1 aromatic rings. The van der Waals surface area contributed by atoms with E-state index in [2.05, 4.69) is 5.87 Å². The predicted octanol–water partition coefficient (Wildman–Crippen LogP) is 2.73. The molecular formula is C11H18OS. The minimum atomic E-state index is -2.03. The first-order chi connectivity index (χ1) is 6.02. The third-order valence-electron chi connectivity index (χ3n) is 1.56. The minimum absolute atomic E-state index is 0.861. The quantitative estimate of drug-likeness (QED) is 0.634. The molecule has 0 saturated heterocycles. The number of aryl methyl sites for hydroxylation is 1.